The van der Waals surface area contributed by atoms with Gasteiger partial charge in [0, 0.05) is 11.8 Å². The molecule has 9 rings (SSSR count). The van der Waals surface area contributed by atoms with Gasteiger partial charge in [-0.1, -0.05) is 60.1 Å². The number of fused-ring (bicyclic) bond motifs is 7. The van der Waals surface area contributed by atoms with Crippen LogP contribution < -0.4 is 0 Å². The van der Waals surface area contributed by atoms with E-state index < -0.39 is 116 Å². The van der Waals surface area contributed by atoms with Gasteiger partial charge in [-0.25, -0.2) is 0 Å². The third kappa shape index (κ3) is 6.98. The van der Waals surface area contributed by atoms with Gasteiger partial charge in [0.15, 0.2) is 18.9 Å². The zero-order chi connectivity index (χ0) is 46.3. The van der Waals surface area contributed by atoms with Crippen molar-refractivity contribution in [2.24, 2.45) is 50.2 Å². The first-order valence-corrected chi connectivity index (χ1v) is 23.8. The molecule has 0 amide bonds. The van der Waals surface area contributed by atoms with Crippen molar-refractivity contribution < 1.29 is 83.9 Å². The lowest BCUT2D eigenvalue weighted by Gasteiger charge is -2.71. The average molecular weight is 911 g/mol. The minimum atomic E-state index is -1.81. The predicted octanol–water partition coefficient (Wildman–Crippen LogP) is 0.796. The molecule has 64 heavy (non-hydrogen) atoms. The molecule has 17 nitrogen and oxygen atoms in total. The van der Waals surface area contributed by atoms with Crippen LogP contribution in [0.2, 0.25) is 0 Å². The Balaban J connectivity index is 0.971. The number of aliphatic hydroxyl groups is 9. The third-order valence-electron chi connectivity index (χ3n) is 19.3. The highest BCUT2D eigenvalue weighted by Gasteiger charge is 2.72. The average Bonchev–Trinajstić information content (AvgIpc) is 3.55. The number of ether oxygens (including phenoxy) is 7. The number of aliphatic hydroxyl groups excluding tert-OH is 9. The van der Waals surface area contributed by atoms with E-state index in [0.717, 1.165) is 51.4 Å². The molecule has 0 aromatic carbocycles. The number of hydrogen-bond acceptors (Lipinski definition) is 17. The van der Waals surface area contributed by atoms with Gasteiger partial charge in [-0.2, -0.15) is 0 Å². The van der Waals surface area contributed by atoms with Crippen molar-refractivity contribution >= 4 is 5.97 Å². The smallest absolute Gasteiger partial charge is 0.313 e. The minimum absolute atomic E-state index is 0.000283. The van der Waals surface area contributed by atoms with Gasteiger partial charge in [0.2, 0.25) is 0 Å². The Hall–Kier alpha value is -1.39. The molecule has 17 heteroatoms. The Kier molecular flexibility index (Phi) is 12.2. The molecule has 9 N–H and O–H groups in total. The van der Waals surface area contributed by atoms with E-state index in [1.807, 2.05) is 0 Å². The van der Waals surface area contributed by atoms with Crippen LogP contribution in [0.5, 0.6) is 0 Å². The fourth-order valence-electron chi connectivity index (χ4n) is 15.2. The van der Waals surface area contributed by atoms with Crippen molar-refractivity contribution in [3.05, 3.63) is 11.6 Å². The predicted molar refractivity (Wildman–Crippen MR) is 222 cm³/mol. The van der Waals surface area contributed by atoms with Crippen LogP contribution in [0.4, 0.5) is 0 Å². The summed E-state index contributed by atoms with van der Waals surface area (Å²) in [5.74, 6) is 0.720. The topological polar surface area (TPSA) is 264 Å². The van der Waals surface area contributed by atoms with Crippen molar-refractivity contribution in [3.8, 4) is 0 Å². The van der Waals surface area contributed by atoms with Crippen LogP contribution in [0.15, 0.2) is 11.6 Å². The van der Waals surface area contributed by atoms with Crippen LogP contribution in [0, 0.1) is 50.2 Å². The Morgan fingerprint density at radius 3 is 2.11 bits per heavy atom. The second-order valence-electron chi connectivity index (χ2n) is 23.2. The van der Waals surface area contributed by atoms with Gasteiger partial charge in [-0.05, 0) is 90.8 Å². The number of rotatable bonds is 8. The number of carbonyl (C=O) groups excluding carboxylic acids is 1. The molecule has 23 atom stereocenters. The molecular formula is C47H74O17. The second kappa shape index (κ2) is 16.4. The van der Waals surface area contributed by atoms with Gasteiger partial charge in [-0.15, -0.1) is 0 Å². The van der Waals surface area contributed by atoms with E-state index in [-0.39, 0.29) is 52.2 Å². The van der Waals surface area contributed by atoms with Crippen molar-refractivity contribution in [1.82, 2.24) is 0 Å². The highest BCUT2D eigenvalue weighted by Crippen LogP contribution is 2.76. The number of carbonyl (C=O) groups is 1. The lowest BCUT2D eigenvalue weighted by Crippen LogP contribution is -2.67. The highest BCUT2D eigenvalue weighted by atomic mass is 16.8. The van der Waals surface area contributed by atoms with E-state index in [0.29, 0.717) is 12.3 Å². The first-order chi connectivity index (χ1) is 29.9. The molecule has 4 aliphatic heterocycles. The van der Waals surface area contributed by atoms with E-state index in [4.69, 9.17) is 33.2 Å². The molecule has 2 bridgehead atoms. The summed E-state index contributed by atoms with van der Waals surface area (Å²) in [4.78, 5) is 13.7. The van der Waals surface area contributed by atoms with Gasteiger partial charge < -0.3 is 79.1 Å². The summed E-state index contributed by atoms with van der Waals surface area (Å²) in [6.45, 7) is 14.9. The molecule has 364 valence electrons. The van der Waals surface area contributed by atoms with E-state index in [2.05, 4.69) is 54.5 Å². The lowest BCUT2D eigenvalue weighted by molar-refractivity contribution is -0.381. The van der Waals surface area contributed by atoms with Crippen molar-refractivity contribution in [2.75, 3.05) is 19.8 Å². The number of esters is 1. The van der Waals surface area contributed by atoms with Crippen LogP contribution in [0.1, 0.15) is 106 Å². The van der Waals surface area contributed by atoms with Crippen LogP contribution in [-0.4, -0.2) is 170 Å². The normalized spacial score (nSPS) is 55.3. The fraction of sp³-hybridized carbons (Fsp3) is 0.936. The molecule has 0 radical (unpaired) electrons. The van der Waals surface area contributed by atoms with E-state index in [1.54, 1.807) is 0 Å². The molecule has 4 heterocycles. The molecule has 23 unspecified atom stereocenters. The quantitative estimate of drug-likeness (QED) is 0.0927. The SMILES string of the molecule is CC1(C)CC2C3=CCC4C5(C)CCC(OC6OC(COC7OCC(O)C(O)C7O)C(O)C(O)C6OC6OC(CO)C(O)C(O)C6O)C(C)(C)C5CCC4(C)C3(C)CCC23CC1OC3=O. The molecule has 4 saturated heterocycles. The van der Waals surface area contributed by atoms with Gasteiger partial charge >= 0.3 is 5.97 Å². The first-order valence-electron chi connectivity index (χ1n) is 23.8. The maximum Gasteiger partial charge on any atom is 0.313 e. The van der Waals surface area contributed by atoms with Crippen LogP contribution in [-0.2, 0) is 38.0 Å². The monoisotopic (exact) mass is 910 g/mol. The number of hydrogen-bond donors (Lipinski definition) is 9. The zero-order valence-electron chi connectivity index (χ0n) is 38.3. The molecule has 9 aliphatic rings. The fourth-order valence-corrected chi connectivity index (χ4v) is 15.2. The van der Waals surface area contributed by atoms with Crippen molar-refractivity contribution in [1.29, 1.82) is 0 Å². The molecule has 4 saturated carbocycles. The van der Waals surface area contributed by atoms with Gasteiger partial charge in [0.05, 0.1) is 31.3 Å². The summed E-state index contributed by atoms with van der Waals surface area (Å²) in [5.41, 5.74) is 0.288. The zero-order valence-corrected chi connectivity index (χ0v) is 38.3. The summed E-state index contributed by atoms with van der Waals surface area (Å²) in [5, 5.41) is 95.6. The Morgan fingerprint density at radius 2 is 1.39 bits per heavy atom. The summed E-state index contributed by atoms with van der Waals surface area (Å²) in [6.07, 6.45) is -11.9. The maximum atomic E-state index is 13.7. The van der Waals surface area contributed by atoms with E-state index >= 15 is 0 Å². The van der Waals surface area contributed by atoms with E-state index in [9.17, 15) is 50.8 Å². The van der Waals surface area contributed by atoms with Crippen molar-refractivity contribution in [3.63, 3.8) is 0 Å². The standard InChI is InChI=1S/C47H74O17/c1-42(2)16-22-21-8-9-27-44(5)12-11-28(43(3,4)26(44)10-13-46(27,7)45(21,6)14-15-47(22)17-29(42)63-41(47)57)62-40-37(64-39-36(56)33(53)31(51)24(18-48)60-39)34(54)32(52)25(61-40)20-59-38-35(55)30(50)23(49)19-58-38/h8,22-40,48-56H,9-20H2,1-7H3. The van der Waals surface area contributed by atoms with Crippen molar-refractivity contribution in [2.45, 2.75) is 204 Å². The molecule has 5 aliphatic carbocycles. The van der Waals surface area contributed by atoms with Gasteiger partial charge in [-0.3, -0.25) is 4.79 Å². The summed E-state index contributed by atoms with van der Waals surface area (Å²) >= 11 is 0. The minimum Gasteiger partial charge on any atom is -0.461 e. The van der Waals surface area contributed by atoms with Crippen LogP contribution >= 0.6 is 0 Å². The lowest BCUT2D eigenvalue weighted by atomic mass is 9.33. The Labute approximate surface area is 375 Å². The van der Waals surface area contributed by atoms with Gasteiger partial charge in [0.25, 0.3) is 0 Å². The molecule has 8 fully saturated rings. The molecule has 0 aromatic heterocycles. The molecule has 1 spiro atoms. The third-order valence-corrected chi connectivity index (χ3v) is 19.3. The Bertz CT molecular complexity index is 1790. The molecular weight excluding hydrogens is 836 g/mol. The largest absolute Gasteiger partial charge is 0.461 e. The first kappa shape index (κ1) is 47.7. The van der Waals surface area contributed by atoms with Crippen LogP contribution in [0.25, 0.3) is 0 Å². The summed E-state index contributed by atoms with van der Waals surface area (Å²) < 4.78 is 42.3. The van der Waals surface area contributed by atoms with E-state index in [1.165, 1.54) is 5.57 Å². The summed E-state index contributed by atoms with van der Waals surface area (Å²) in [7, 11) is 0. The Morgan fingerprint density at radius 1 is 0.703 bits per heavy atom. The van der Waals surface area contributed by atoms with Crippen LogP contribution in [0.3, 0.4) is 0 Å². The number of allylic oxidation sites excluding steroid dienone is 2. The van der Waals surface area contributed by atoms with Gasteiger partial charge in [0.1, 0.15) is 73.2 Å². The summed E-state index contributed by atoms with van der Waals surface area (Å²) in [6, 6.07) is 0. The maximum absolute atomic E-state index is 13.7. The second-order valence-corrected chi connectivity index (χ2v) is 23.2. The highest BCUT2D eigenvalue weighted by molar-refractivity contribution is 5.81. The molecule has 0 aromatic rings.